The number of rotatable bonds is 8. The average Bonchev–Trinajstić information content (AvgIpc) is 3.09. The number of nitrogens with one attached hydrogen (secondary N) is 3. The number of sulfonamides is 1. The van der Waals surface area contributed by atoms with Gasteiger partial charge in [-0.2, -0.15) is 0 Å². The fourth-order valence-electron chi connectivity index (χ4n) is 2.45. The van der Waals surface area contributed by atoms with Gasteiger partial charge in [-0.1, -0.05) is 6.08 Å². The van der Waals surface area contributed by atoms with Gasteiger partial charge in [0.25, 0.3) is 0 Å². The molecular formula is C18H19FN6O2S. The predicted octanol–water partition coefficient (Wildman–Crippen LogP) is 2.32. The molecule has 2 aromatic heterocycles. The second-order valence-electron chi connectivity index (χ2n) is 5.94. The molecule has 0 fully saturated rings. The van der Waals surface area contributed by atoms with Crippen LogP contribution in [0.4, 0.5) is 10.3 Å². The van der Waals surface area contributed by atoms with E-state index in [-0.39, 0.29) is 12.4 Å². The summed E-state index contributed by atoms with van der Waals surface area (Å²) < 4.78 is 38.5. The maximum absolute atomic E-state index is 13.3. The summed E-state index contributed by atoms with van der Waals surface area (Å²) in [5.41, 5.74) is 2.32. The van der Waals surface area contributed by atoms with E-state index in [4.69, 9.17) is 0 Å². The third kappa shape index (κ3) is 4.99. The van der Waals surface area contributed by atoms with Crippen LogP contribution in [0.5, 0.6) is 0 Å². The molecule has 0 unspecified atom stereocenters. The average molecular weight is 402 g/mol. The molecule has 8 nitrogen and oxygen atoms in total. The fourth-order valence-corrected chi connectivity index (χ4v) is 2.85. The first-order chi connectivity index (χ1) is 13.4. The van der Waals surface area contributed by atoms with Crippen molar-refractivity contribution in [2.45, 2.75) is 6.54 Å². The fraction of sp³-hybridized carbons (Fsp3) is 0.167. The van der Waals surface area contributed by atoms with Crippen LogP contribution in [-0.4, -0.2) is 41.2 Å². The van der Waals surface area contributed by atoms with Gasteiger partial charge < -0.3 is 10.3 Å². The number of anilines is 1. The van der Waals surface area contributed by atoms with Crippen molar-refractivity contribution in [3.8, 4) is 22.6 Å². The van der Waals surface area contributed by atoms with Crippen LogP contribution in [0.1, 0.15) is 5.82 Å². The van der Waals surface area contributed by atoms with E-state index in [1.54, 1.807) is 30.5 Å². The number of hydrogen-bond donors (Lipinski definition) is 3. The zero-order chi connectivity index (χ0) is 20.1. The highest BCUT2D eigenvalue weighted by molar-refractivity contribution is 7.88. The van der Waals surface area contributed by atoms with Crippen LogP contribution in [0.15, 0.2) is 49.2 Å². The molecule has 3 N–H and O–H groups in total. The minimum Gasteiger partial charge on any atom is -0.351 e. The molecule has 0 bridgehead atoms. The van der Waals surface area contributed by atoms with E-state index in [1.807, 2.05) is 0 Å². The Bertz CT molecular complexity index is 1080. The number of aromatic nitrogens is 4. The van der Waals surface area contributed by atoms with Crippen molar-refractivity contribution >= 4 is 16.0 Å². The summed E-state index contributed by atoms with van der Waals surface area (Å²) in [7, 11) is -3.38. The molecule has 0 saturated carbocycles. The maximum atomic E-state index is 13.3. The van der Waals surface area contributed by atoms with Gasteiger partial charge >= 0.3 is 0 Å². The van der Waals surface area contributed by atoms with Crippen molar-refractivity contribution in [2.75, 3.05) is 18.1 Å². The molecule has 0 aliphatic carbocycles. The van der Waals surface area contributed by atoms with Crippen molar-refractivity contribution in [1.82, 2.24) is 24.7 Å². The van der Waals surface area contributed by atoms with Crippen molar-refractivity contribution in [2.24, 2.45) is 0 Å². The third-order valence-electron chi connectivity index (χ3n) is 3.69. The van der Waals surface area contributed by atoms with Gasteiger partial charge in [0.2, 0.25) is 16.0 Å². The highest BCUT2D eigenvalue weighted by atomic mass is 32.2. The second kappa shape index (κ2) is 8.28. The van der Waals surface area contributed by atoms with Crippen molar-refractivity contribution in [3.05, 3.63) is 60.8 Å². The highest BCUT2D eigenvalue weighted by Gasteiger charge is 2.17. The lowest BCUT2D eigenvalue weighted by Crippen LogP contribution is -2.21. The Morgan fingerprint density at radius 1 is 1.21 bits per heavy atom. The van der Waals surface area contributed by atoms with Gasteiger partial charge in [-0.25, -0.2) is 32.5 Å². The van der Waals surface area contributed by atoms with E-state index in [1.165, 1.54) is 12.1 Å². The molecule has 146 valence electrons. The summed E-state index contributed by atoms with van der Waals surface area (Å²) in [5, 5.41) is 3.01. The Morgan fingerprint density at radius 3 is 2.64 bits per heavy atom. The molecule has 0 radical (unpaired) electrons. The zero-order valence-corrected chi connectivity index (χ0v) is 15.9. The molecular weight excluding hydrogens is 383 g/mol. The second-order valence-corrected chi connectivity index (χ2v) is 7.78. The molecule has 3 rings (SSSR count). The monoisotopic (exact) mass is 402 g/mol. The molecule has 0 saturated heterocycles. The summed E-state index contributed by atoms with van der Waals surface area (Å²) in [6.45, 7) is 4.13. The summed E-state index contributed by atoms with van der Waals surface area (Å²) in [6.07, 6.45) is 4.35. The van der Waals surface area contributed by atoms with Crippen LogP contribution >= 0.6 is 0 Å². The molecule has 0 aliphatic heterocycles. The van der Waals surface area contributed by atoms with Crippen LogP contribution in [-0.2, 0) is 16.6 Å². The van der Waals surface area contributed by atoms with Gasteiger partial charge in [-0.15, -0.1) is 6.58 Å². The third-order valence-corrected chi connectivity index (χ3v) is 4.36. The van der Waals surface area contributed by atoms with Gasteiger partial charge in [-0.3, -0.25) is 0 Å². The van der Waals surface area contributed by atoms with E-state index in [0.29, 0.717) is 41.0 Å². The van der Waals surface area contributed by atoms with Gasteiger partial charge in [0.1, 0.15) is 11.6 Å². The lowest BCUT2D eigenvalue weighted by Gasteiger charge is -2.05. The first-order valence-electron chi connectivity index (χ1n) is 8.33. The maximum Gasteiger partial charge on any atom is 0.223 e. The van der Waals surface area contributed by atoms with E-state index >= 15 is 0 Å². The molecule has 2 heterocycles. The van der Waals surface area contributed by atoms with Crippen LogP contribution in [0, 0.1) is 5.82 Å². The Balaban J connectivity index is 2.03. The number of benzene rings is 1. The minimum absolute atomic E-state index is 0.0142. The molecule has 0 spiro atoms. The number of halogens is 1. The summed E-state index contributed by atoms with van der Waals surface area (Å²) in [5.74, 6) is 0.449. The van der Waals surface area contributed by atoms with Gasteiger partial charge in [0.15, 0.2) is 0 Å². The molecule has 0 aliphatic rings. The Labute approximate surface area is 162 Å². The van der Waals surface area contributed by atoms with Gasteiger partial charge in [-0.05, 0) is 30.3 Å². The smallest absolute Gasteiger partial charge is 0.223 e. The van der Waals surface area contributed by atoms with Crippen LogP contribution in [0.3, 0.4) is 0 Å². The largest absolute Gasteiger partial charge is 0.351 e. The number of hydrogen-bond acceptors (Lipinski definition) is 6. The van der Waals surface area contributed by atoms with Crippen LogP contribution in [0.25, 0.3) is 22.6 Å². The molecule has 28 heavy (non-hydrogen) atoms. The van der Waals surface area contributed by atoms with Gasteiger partial charge in [0.05, 0.1) is 29.9 Å². The Kier molecular flexibility index (Phi) is 5.81. The van der Waals surface area contributed by atoms with E-state index in [2.05, 4.69) is 36.6 Å². The molecule has 0 atom stereocenters. The van der Waals surface area contributed by atoms with Gasteiger partial charge in [0, 0.05) is 18.3 Å². The normalized spacial score (nSPS) is 11.4. The summed E-state index contributed by atoms with van der Waals surface area (Å²) in [4.78, 5) is 16.2. The van der Waals surface area contributed by atoms with E-state index in [9.17, 15) is 12.8 Å². The topological polar surface area (TPSA) is 113 Å². The van der Waals surface area contributed by atoms with Crippen molar-refractivity contribution in [1.29, 1.82) is 0 Å². The SMILES string of the molecule is C=CCNc1nccc(-c2[nH]c(CNS(C)(=O)=O)nc2-c2ccc(F)cc2)n1. The highest BCUT2D eigenvalue weighted by Crippen LogP contribution is 2.29. The zero-order valence-electron chi connectivity index (χ0n) is 15.1. The molecule has 10 heteroatoms. The van der Waals surface area contributed by atoms with Crippen LogP contribution in [0.2, 0.25) is 0 Å². The number of aromatic amines is 1. The lowest BCUT2D eigenvalue weighted by atomic mass is 10.1. The van der Waals surface area contributed by atoms with E-state index in [0.717, 1.165) is 6.26 Å². The number of imidazole rings is 1. The summed E-state index contributed by atoms with van der Waals surface area (Å²) in [6, 6.07) is 7.56. The molecule has 0 amide bonds. The molecule has 1 aromatic carbocycles. The summed E-state index contributed by atoms with van der Waals surface area (Å²) >= 11 is 0. The van der Waals surface area contributed by atoms with Crippen LogP contribution < -0.4 is 10.0 Å². The van der Waals surface area contributed by atoms with E-state index < -0.39 is 10.0 Å². The first-order valence-corrected chi connectivity index (χ1v) is 10.2. The standard InChI is InChI=1S/C18H19FN6O2S/c1-3-9-20-18-21-10-8-14(23-18)17-16(12-4-6-13(19)7-5-12)24-15(25-17)11-22-28(2,26)27/h3-8,10,22H,1,9,11H2,2H3,(H,24,25)(H,20,21,23). The minimum atomic E-state index is -3.38. The first kappa shape index (κ1) is 19.6. The van der Waals surface area contributed by atoms with Crippen molar-refractivity contribution < 1.29 is 12.8 Å². The molecule has 3 aromatic rings. The predicted molar refractivity (Wildman–Crippen MR) is 105 cm³/mol. The Hall–Kier alpha value is -3.11. The number of H-pyrrole nitrogens is 1. The van der Waals surface area contributed by atoms with Crippen molar-refractivity contribution in [3.63, 3.8) is 0 Å². The number of nitrogens with zero attached hydrogens (tertiary/aromatic N) is 3. The Morgan fingerprint density at radius 2 is 1.96 bits per heavy atom. The quantitative estimate of drug-likeness (QED) is 0.499. The lowest BCUT2D eigenvalue weighted by molar-refractivity contribution is 0.586.